The Morgan fingerprint density at radius 1 is 1.00 bits per heavy atom. The average molecular weight is 352 g/mol. The molecule has 1 aromatic heterocycles. The van der Waals surface area contributed by atoms with Crippen molar-refractivity contribution in [2.45, 2.75) is 64.8 Å². The van der Waals surface area contributed by atoms with Crippen LogP contribution in [0.1, 0.15) is 71.2 Å². The van der Waals surface area contributed by atoms with Gasteiger partial charge in [0.25, 0.3) is 5.91 Å². The maximum atomic E-state index is 13.0. The third-order valence-electron chi connectivity index (χ3n) is 5.68. The number of nitrogens with zero attached hydrogens (tertiary/aromatic N) is 4. The van der Waals surface area contributed by atoms with Crippen molar-refractivity contribution in [3.63, 3.8) is 0 Å². The highest BCUT2D eigenvalue weighted by molar-refractivity contribution is 5.94. The number of carbonyl (C=O) groups is 1. The maximum absolute atomic E-state index is 13.0. The van der Waals surface area contributed by atoms with Crippen molar-refractivity contribution in [3.05, 3.63) is 46.5 Å². The van der Waals surface area contributed by atoms with Gasteiger partial charge in [-0.1, -0.05) is 23.6 Å². The van der Waals surface area contributed by atoms with Gasteiger partial charge in [0.05, 0.1) is 0 Å². The number of carbonyl (C=O) groups excluding carboxylic acids is 1. The molecule has 0 aliphatic carbocycles. The Balaban J connectivity index is 1.54. The largest absolute Gasteiger partial charge is 0.338 e. The lowest BCUT2D eigenvalue weighted by atomic mass is 9.96. The molecule has 0 radical (unpaired) electrons. The molecule has 2 aliphatic rings. The summed E-state index contributed by atoms with van der Waals surface area (Å²) in [7, 11) is 0. The number of benzene rings is 1. The Morgan fingerprint density at radius 2 is 1.81 bits per heavy atom. The molecule has 0 bridgehead atoms. The molecule has 0 saturated carbocycles. The Morgan fingerprint density at radius 3 is 2.62 bits per heavy atom. The first kappa shape index (κ1) is 17.3. The molecular weight excluding hydrogens is 324 g/mol. The van der Waals surface area contributed by atoms with E-state index in [1.807, 2.05) is 30.9 Å². The summed E-state index contributed by atoms with van der Waals surface area (Å²) in [6.45, 7) is 6.72. The van der Waals surface area contributed by atoms with Crippen molar-refractivity contribution in [1.29, 1.82) is 0 Å². The number of likely N-dealkylation sites (tertiary alicyclic amines) is 1. The van der Waals surface area contributed by atoms with Crippen molar-refractivity contribution >= 4 is 5.91 Å². The highest BCUT2D eigenvalue weighted by atomic mass is 16.2. The van der Waals surface area contributed by atoms with Gasteiger partial charge < -0.3 is 9.47 Å². The van der Waals surface area contributed by atoms with E-state index < -0.39 is 0 Å². The van der Waals surface area contributed by atoms with E-state index in [0.29, 0.717) is 5.92 Å². The molecular formula is C21H28N4O. The van der Waals surface area contributed by atoms with Gasteiger partial charge in [-0.25, -0.2) is 0 Å². The normalized spacial score (nSPS) is 20.5. The van der Waals surface area contributed by atoms with Gasteiger partial charge in [-0.3, -0.25) is 4.79 Å². The van der Waals surface area contributed by atoms with Gasteiger partial charge in [0.1, 0.15) is 11.6 Å². The number of rotatable bonds is 2. The zero-order chi connectivity index (χ0) is 18.1. The van der Waals surface area contributed by atoms with Crippen LogP contribution in [0.3, 0.4) is 0 Å². The Labute approximate surface area is 155 Å². The number of fused-ring (bicyclic) bond motifs is 1. The number of aryl methyl sites for hydroxylation is 3. The molecule has 1 atom stereocenters. The zero-order valence-corrected chi connectivity index (χ0v) is 15.9. The summed E-state index contributed by atoms with van der Waals surface area (Å²) >= 11 is 0. The summed E-state index contributed by atoms with van der Waals surface area (Å²) in [5, 5.41) is 8.99. The van der Waals surface area contributed by atoms with Gasteiger partial charge in [0.2, 0.25) is 0 Å². The molecule has 0 spiro atoms. The monoisotopic (exact) mass is 352 g/mol. The first-order chi connectivity index (χ1) is 12.6. The van der Waals surface area contributed by atoms with Gasteiger partial charge in [-0.2, -0.15) is 0 Å². The van der Waals surface area contributed by atoms with Crippen molar-refractivity contribution in [2.24, 2.45) is 0 Å². The fourth-order valence-electron chi connectivity index (χ4n) is 4.46. The Bertz CT molecular complexity index is 790. The van der Waals surface area contributed by atoms with Crippen LogP contribution in [0.5, 0.6) is 0 Å². The molecule has 0 N–H and O–H groups in total. The topological polar surface area (TPSA) is 51.0 Å². The van der Waals surface area contributed by atoms with Crippen molar-refractivity contribution in [2.75, 3.05) is 13.1 Å². The summed E-state index contributed by atoms with van der Waals surface area (Å²) in [6.07, 6.45) is 6.84. The molecule has 1 fully saturated rings. The Kier molecular flexibility index (Phi) is 4.79. The molecule has 5 nitrogen and oxygen atoms in total. The second-order valence-corrected chi connectivity index (χ2v) is 7.90. The molecule has 4 rings (SSSR count). The van der Waals surface area contributed by atoms with Gasteiger partial charge in [-0.05, 0) is 51.7 Å². The summed E-state index contributed by atoms with van der Waals surface area (Å²) in [5.74, 6) is 2.69. The lowest BCUT2D eigenvalue weighted by molar-refractivity contribution is 0.0703. The van der Waals surface area contributed by atoms with E-state index in [-0.39, 0.29) is 5.91 Å². The molecule has 1 amide bonds. The second-order valence-electron chi connectivity index (χ2n) is 7.90. The Hall–Kier alpha value is -2.17. The maximum Gasteiger partial charge on any atom is 0.253 e. The molecule has 1 unspecified atom stereocenters. The van der Waals surface area contributed by atoms with E-state index in [1.54, 1.807) is 0 Å². The molecule has 26 heavy (non-hydrogen) atoms. The molecule has 1 saturated heterocycles. The van der Waals surface area contributed by atoms with Crippen LogP contribution in [0.15, 0.2) is 18.2 Å². The van der Waals surface area contributed by atoms with Crippen LogP contribution in [-0.2, 0) is 13.0 Å². The number of aromatic nitrogens is 3. The molecule has 2 aliphatic heterocycles. The first-order valence-electron chi connectivity index (χ1n) is 9.91. The average Bonchev–Trinajstić information content (AvgIpc) is 2.89. The lowest BCUT2D eigenvalue weighted by Crippen LogP contribution is -2.39. The highest BCUT2D eigenvalue weighted by Crippen LogP contribution is 2.29. The van der Waals surface area contributed by atoms with Crippen LogP contribution in [0, 0.1) is 13.8 Å². The minimum absolute atomic E-state index is 0.150. The van der Waals surface area contributed by atoms with Gasteiger partial charge in [-0.15, -0.1) is 10.2 Å². The summed E-state index contributed by atoms with van der Waals surface area (Å²) in [6, 6.07) is 6.12. The fourth-order valence-corrected chi connectivity index (χ4v) is 4.46. The molecule has 138 valence electrons. The third-order valence-corrected chi connectivity index (χ3v) is 5.68. The third kappa shape index (κ3) is 3.39. The van der Waals surface area contributed by atoms with Crippen LogP contribution in [0.2, 0.25) is 0 Å². The molecule has 2 aromatic rings. The quantitative estimate of drug-likeness (QED) is 0.829. The summed E-state index contributed by atoms with van der Waals surface area (Å²) in [4.78, 5) is 15.1. The highest BCUT2D eigenvalue weighted by Gasteiger charge is 2.30. The number of amides is 1. The van der Waals surface area contributed by atoms with E-state index >= 15 is 0 Å². The standard InChI is InChI=1S/C21H28N4O/c1-15-11-16(2)13-18(12-15)21(26)24-9-6-7-17(14-24)20-23-22-19-8-4-3-5-10-25(19)20/h11-13,17H,3-10,14H2,1-2H3. The van der Waals surface area contributed by atoms with Crippen LogP contribution in [0.25, 0.3) is 0 Å². The van der Waals surface area contributed by atoms with Gasteiger partial charge in [0.15, 0.2) is 0 Å². The van der Waals surface area contributed by atoms with Crippen molar-refractivity contribution in [3.8, 4) is 0 Å². The second kappa shape index (κ2) is 7.22. The van der Waals surface area contributed by atoms with Gasteiger partial charge in [0, 0.05) is 37.5 Å². The molecule has 5 heteroatoms. The summed E-state index contributed by atoms with van der Waals surface area (Å²) < 4.78 is 2.34. The van der Waals surface area contributed by atoms with Crippen LogP contribution >= 0.6 is 0 Å². The van der Waals surface area contributed by atoms with Crippen LogP contribution in [0.4, 0.5) is 0 Å². The predicted octanol–water partition coefficient (Wildman–Crippen LogP) is 3.64. The lowest BCUT2D eigenvalue weighted by Gasteiger charge is -2.32. The number of piperidine rings is 1. The van der Waals surface area contributed by atoms with Crippen molar-refractivity contribution in [1.82, 2.24) is 19.7 Å². The summed E-state index contributed by atoms with van der Waals surface area (Å²) in [5.41, 5.74) is 3.09. The van der Waals surface area contributed by atoms with Crippen molar-refractivity contribution < 1.29 is 4.79 Å². The van der Waals surface area contributed by atoms with E-state index in [0.717, 1.165) is 67.2 Å². The van der Waals surface area contributed by atoms with E-state index in [4.69, 9.17) is 0 Å². The van der Waals surface area contributed by atoms with Crippen LogP contribution in [-0.4, -0.2) is 38.7 Å². The smallest absolute Gasteiger partial charge is 0.253 e. The van der Waals surface area contributed by atoms with Crippen LogP contribution < -0.4 is 0 Å². The number of hydrogen-bond acceptors (Lipinski definition) is 3. The van der Waals surface area contributed by atoms with E-state index in [2.05, 4.69) is 20.8 Å². The minimum Gasteiger partial charge on any atom is -0.338 e. The SMILES string of the molecule is Cc1cc(C)cc(C(=O)N2CCCC(c3nnc4n3CCCCC4)C2)c1. The fraction of sp³-hybridized carbons (Fsp3) is 0.571. The number of hydrogen-bond donors (Lipinski definition) is 0. The van der Waals surface area contributed by atoms with E-state index in [9.17, 15) is 4.79 Å². The van der Waals surface area contributed by atoms with Gasteiger partial charge >= 0.3 is 0 Å². The van der Waals surface area contributed by atoms with E-state index in [1.165, 1.54) is 19.3 Å². The molecule has 3 heterocycles. The predicted molar refractivity (Wildman–Crippen MR) is 101 cm³/mol. The first-order valence-corrected chi connectivity index (χ1v) is 9.91. The zero-order valence-electron chi connectivity index (χ0n) is 15.9. The molecule has 1 aromatic carbocycles. The minimum atomic E-state index is 0.150.